The van der Waals surface area contributed by atoms with Gasteiger partial charge in [0.1, 0.15) is 67.5 Å². The van der Waals surface area contributed by atoms with Crippen molar-refractivity contribution >= 4 is 23.6 Å². The highest BCUT2D eigenvalue weighted by atomic mass is 19.4. The number of ether oxygens (including phenoxy) is 5. The number of piperazine rings is 2. The number of epoxide rings is 1. The van der Waals surface area contributed by atoms with E-state index in [-0.39, 0.29) is 75.2 Å². The van der Waals surface area contributed by atoms with E-state index in [0.29, 0.717) is 68.1 Å². The van der Waals surface area contributed by atoms with Gasteiger partial charge >= 0.3 is 12.4 Å². The molecule has 10 atom stereocenters. The van der Waals surface area contributed by atoms with Gasteiger partial charge in [0.15, 0.2) is 11.5 Å². The molecule has 4 aromatic carbocycles. The number of aromatic nitrogens is 4. The van der Waals surface area contributed by atoms with Gasteiger partial charge in [0.25, 0.3) is 0 Å². The number of nitrogens with zero attached hydrogens (tertiary/aromatic N) is 9. The minimum Gasteiger partial charge on any atom is -0.490 e. The smallest absolute Gasteiger partial charge is 0.405 e. The number of aliphatic hydroxyl groups is 1. The average Bonchev–Trinajstić information content (AvgIpc) is 1.59. The topological polar surface area (TPSA) is 268 Å². The lowest BCUT2D eigenvalue weighted by Crippen LogP contribution is -2.63. The third-order valence-corrected chi connectivity index (χ3v) is 22.5. The van der Waals surface area contributed by atoms with Crippen LogP contribution >= 0.6 is 0 Å². The van der Waals surface area contributed by atoms with Crippen LogP contribution in [0.1, 0.15) is 125 Å². The minimum atomic E-state index is -4.62. The highest BCUT2D eigenvalue weighted by Crippen LogP contribution is 2.50. The van der Waals surface area contributed by atoms with Gasteiger partial charge in [0.2, 0.25) is 35.4 Å². The number of pyridine rings is 2. The Labute approximate surface area is 671 Å². The molecular formula is C86H102F6N12O12. The average molecular weight is 1610 g/mol. The van der Waals surface area contributed by atoms with Crippen LogP contribution in [-0.2, 0) is 57.3 Å². The second-order valence-corrected chi connectivity index (χ2v) is 32.8. The number of para-hydroxylation sites is 2. The number of aliphatic hydroxyl groups excluding tert-OH is 1. The number of oxazole rings is 2. The molecule has 8 aromatic rings. The maximum Gasteiger partial charge on any atom is 0.405 e. The van der Waals surface area contributed by atoms with Crippen LogP contribution < -0.4 is 25.4 Å². The maximum absolute atomic E-state index is 14.9. The number of rotatable bonds is 22. The van der Waals surface area contributed by atoms with Gasteiger partial charge in [0.05, 0.1) is 60.4 Å². The van der Waals surface area contributed by atoms with Gasteiger partial charge in [-0.15, -0.1) is 0 Å². The first-order chi connectivity index (χ1) is 55.1. The first kappa shape index (κ1) is 84.3. The molecule has 5 saturated heterocycles. The van der Waals surface area contributed by atoms with E-state index in [1.54, 1.807) is 47.0 Å². The monoisotopic (exact) mass is 1610 g/mol. The molecule has 7 aliphatic heterocycles. The van der Waals surface area contributed by atoms with Crippen molar-refractivity contribution in [2.45, 2.75) is 178 Å². The molecule has 15 rings (SSSR count). The van der Waals surface area contributed by atoms with E-state index in [9.17, 15) is 50.6 Å². The Morgan fingerprint density at radius 2 is 1.03 bits per heavy atom. The number of nitrogens with one attached hydrogen (secondary N) is 3. The summed E-state index contributed by atoms with van der Waals surface area (Å²) in [5.41, 5.74) is 4.27. The fourth-order valence-electron chi connectivity index (χ4n) is 16.6. The van der Waals surface area contributed by atoms with Gasteiger partial charge in [-0.3, -0.25) is 43.8 Å². The van der Waals surface area contributed by atoms with Crippen LogP contribution in [0.15, 0.2) is 167 Å². The van der Waals surface area contributed by atoms with Crippen LogP contribution in [-0.4, -0.2) is 212 Å². The van der Waals surface area contributed by atoms with E-state index in [2.05, 4.69) is 42.7 Å². The molecule has 620 valence electrons. The first-order valence-corrected chi connectivity index (χ1v) is 39.3. The third-order valence-electron chi connectivity index (χ3n) is 22.5. The summed E-state index contributed by atoms with van der Waals surface area (Å²) >= 11 is 0. The molecule has 4 N–H and O–H groups in total. The summed E-state index contributed by atoms with van der Waals surface area (Å²) in [5, 5.41) is 18.8. The molecule has 0 radical (unpaired) electrons. The van der Waals surface area contributed by atoms with Gasteiger partial charge < -0.3 is 63.4 Å². The van der Waals surface area contributed by atoms with Crippen LogP contribution in [0.5, 0.6) is 11.5 Å². The van der Waals surface area contributed by atoms with Gasteiger partial charge in [0, 0.05) is 105 Å². The van der Waals surface area contributed by atoms with Crippen molar-refractivity contribution in [3.63, 3.8) is 0 Å². The van der Waals surface area contributed by atoms with Gasteiger partial charge in [-0.2, -0.15) is 26.3 Å². The van der Waals surface area contributed by atoms with E-state index in [1.807, 2.05) is 198 Å². The molecular weight excluding hydrogens is 1510 g/mol. The Bertz CT molecular complexity index is 4710. The van der Waals surface area contributed by atoms with Crippen LogP contribution in [0.2, 0.25) is 0 Å². The van der Waals surface area contributed by atoms with Gasteiger partial charge in [-0.25, -0.2) is 9.97 Å². The maximum atomic E-state index is 14.9. The van der Waals surface area contributed by atoms with Crippen molar-refractivity contribution in [1.82, 2.24) is 60.4 Å². The highest BCUT2D eigenvalue weighted by Gasteiger charge is 2.56. The minimum absolute atomic E-state index is 0.0311. The molecule has 116 heavy (non-hydrogen) atoms. The second kappa shape index (κ2) is 34.9. The lowest BCUT2D eigenvalue weighted by Gasteiger charge is -2.46. The second-order valence-electron chi connectivity index (χ2n) is 32.8. The van der Waals surface area contributed by atoms with Crippen molar-refractivity contribution in [3.05, 3.63) is 204 Å². The molecule has 0 saturated carbocycles. The quantitative estimate of drug-likeness (QED) is 0.0363. The summed E-state index contributed by atoms with van der Waals surface area (Å²) in [6.07, 6.45) is 1.37. The molecule has 4 aromatic heterocycles. The Morgan fingerprint density at radius 3 is 1.52 bits per heavy atom. The number of hydrogen-bond donors (Lipinski definition) is 4. The number of fused-ring (bicyclic) bond motifs is 6. The number of benzene rings is 4. The van der Waals surface area contributed by atoms with E-state index < -0.39 is 96.0 Å². The number of amides is 4. The van der Waals surface area contributed by atoms with E-state index in [0.717, 1.165) is 57.7 Å². The largest absolute Gasteiger partial charge is 0.490 e. The number of halogens is 6. The first-order valence-electron chi connectivity index (χ1n) is 39.3. The number of alkyl halides is 6. The van der Waals surface area contributed by atoms with Crippen LogP contribution in [0.3, 0.4) is 0 Å². The standard InChI is InChI=1S/C43H51F3N6O6.C24H27NO4.C19H24F3N5O2/c1-27-17-30(21-47-20-27)35-22-48-40(57-35)41(2,3)51-16-15-50(33(24-51)38(54)49-26-43(44,45)46)23-31(53)19-29(18-28-11-7-6-8-12-28)39(55)52-37-32-13-9-10-14-34(32)56-25-36(37)58-42(52,4)5;1-24(2)25(22-19-10-6-7-11-20(19)28-15-21(22)29-24)23(26)17(13-18-14-27-18)12-16-8-4-3-5-9-16;1-12-6-13(8-23-7-12)15-9-25-17(29-15)18(2,3)27-5-4-24-14(10-27)16(28)26-11-19(20,21)22/h6-14,17,20-22,29,31,33,36-37,53H,15-16,18-19,23-26H2,1-5H3,(H,49,54);3-11,17-18,21-22H,12-15H2,1-2H3;6-9,14,24H,4-5,10-11H2,1-3H3,(H,26,28)/t29-,31+,33+,36-,37+;17-,18+,21-,22+;14-/m110/s1. The number of carbonyl (C=O) groups excluding carboxylic acids is 4. The van der Waals surface area contributed by atoms with E-state index in [1.165, 1.54) is 5.56 Å². The van der Waals surface area contributed by atoms with Crippen molar-refractivity contribution < 1.29 is 83.1 Å². The Balaban J connectivity index is 0.000000168. The molecule has 0 spiro atoms. The predicted octanol–water partition coefficient (Wildman–Crippen LogP) is 11.6. The molecule has 24 nitrogen and oxygen atoms in total. The highest BCUT2D eigenvalue weighted by molar-refractivity contribution is 5.84. The SMILES string of the molecule is CC1(C)O[C@@H]2COc3ccccc3[C@@H]2N1C(=O)[C@H](Cc1ccccc1)C[C@H]1CO1.Cc1cncc(-c2cnc(C(C)(C)N3CCN(C[C@@H](O)C[C@@H](Cc4ccccc4)C(=O)N4[C@H]5c6ccccc6OC[C@H]5OC4(C)C)[C@H](C(=O)NCC(F)(F)F)C3)o2)c1.Cc1cncc(-c2cnc(C(C)(C)N3CCN[C@H](C(=O)NCC(F)(F)F)C3)o2)c1. The number of hydrogen-bond acceptors (Lipinski definition) is 20. The van der Waals surface area contributed by atoms with Crippen molar-refractivity contribution in [2.24, 2.45) is 11.8 Å². The van der Waals surface area contributed by atoms with Crippen LogP contribution in [0, 0.1) is 25.7 Å². The zero-order chi connectivity index (χ0) is 82.7. The lowest BCUT2D eigenvalue weighted by molar-refractivity contribution is -0.154. The summed E-state index contributed by atoms with van der Waals surface area (Å²) in [6.45, 7) is 19.7. The zero-order valence-corrected chi connectivity index (χ0v) is 66.8. The molecule has 30 heteroatoms. The Morgan fingerprint density at radius 1 is 0.578 bits per heavy atom. The lowest BCUT2D eigenvalue weighted by atomic mass is 9.89. The fraction of sp³-hybridized carbons (Fsp3) is 0.488. The summed E-state index contributed by atoms with van der Waals surface area (Å²) in [7, 11) is 0. The Hall–Kier alpha value is -9.66. The number of carbonyl (C=O) groups is 4. The molecule has 5 fully saturated rings. The molecule has 11 heterocycles. The predicted molar refractivity (Wildman–Crippen MR) is 417 cm³/mol. The molecule has 0 unspecified atom stereocenters. The van der Waals surface area contributed by atoms with Crippen molar-refractivity contribution in [2.75, 3.05) is 78.7 Å². The van der Waals surface area contributed by atoms with E-state index in [4.69, 9.17) is 32.5 Å². The zero-order valence-electron chi connectivity index (χ0n) is 66.8. The Kier molecular flexibility index (Phi) is 25.3. The normalized spacial score (nSPS) is 22.6. The third kappa shape index (κ3) is 19.9. The molecule has 0 aliphatic carbocycles. The number of aryl methyl sites for hydroxylation is 2. The molecule has 4 amide bonds. The molecule has 0 bridgehead atoms. The number of β-amino-alcohol motifs (C(OH)–C–C–N with tert-alkyl or cyclic N) is 1. The summed E-state index contributed by atoms with van der Waals surface area (Å²) in [5.74, 6) is 1.07. The van der Waals surface area contributed by atoms with Gasteiger partial charge in [-0.1, -0.05) is 97.1 Å². The van der Waals surface area contributed by atoms with Crippen LogP contribution in [0.4, 0.5) is 26.3 Å². The molecule has 7 aliphatic rings. The summed E-state index contributed by atoms with van der Waals surface area (Å²) < 4.78 is 119. The van der Waals surface area contributed by atoms with Crippen LogP contribution in [0.25, 0.3) is 22.6 Å². The van der Waals surface area contributed by atoms with Crippen molar-refractivity contribution in [3.8, 4) is 34.1 Å². The summed E-state index contributed by atoms with van der Waals surface area (Å²) in [6, 6.07) is 36.9. The summed E-state index contributed by atoms with van der Waals surface area (Å²) in [4.78, 5) is 81.3. The van der Waals surface area contributed by atoms with Gasteiger partial charge in [-0.05, 0) is 141 Å². The van der Waals surface area contributed by atoms with Crippen molar-refractivity contribution in [1.29, 1.82) is 0 Å². The van der Waals surface area contributed by atoms with E-state index >= 15 is 0 Å². The fourth-order valence-corrected chi connectivity index (χ4v) is 16.6.